The van der Waals surface area contributed by atoms with Crippen LogP contribution in [0.3, 0.4) is 0 Å². The van der Waals surface area contributed by atoms with Gasteiger partial charge in [0.05, 0.1) is 0 Å². The molecule has 2 fully saturated rings. The molecule has 0 bridgehead atoms. The summed E-state index contributed by atoms with van der Waals surface area (Å²) in [5.41, 5.74) is 6.90. The van der Waals surface area contributed by atoms with Crippen LogP contribution in [0.1, 0.15) is 52.4 Å². The summed E-state index contributed by atoms with van der Waals surface area (Å²) in [5.74, 6) is 1.74. The van der Waals surface area contributed by atoms with Gasteiger partial charge in [-0.1, -0.05) is 26.7 Å². The van der Waals surface area contributed by atoms with Crippen LogP contribution in [0.4, 0.5) is 0 Å². The van der Waals surface area contributed by atoms with Gasteiger partial charge in [-0.3, -0.25) is 0 Å². The lowest BCUT2D eigenvalue weighted by atomic mass is 9.68. The zero-order valence-corrected chi connectivity index (χ0v) is 11.1. The van der Waals surface area contributed by atoms with Crippen LogP contribution in [0.2, 0.25) is 0 Å². The Morgan fingerprint density at radius 2 is 2.06 bits per heavy atom. The van der Waals surface area contributed by atoms with Crippen molar-refractivity contribution in [2.24, 2.45) is 23.0 Å². The lowest BCUT2D eigenvalue weighted by Crippen LogP contribution is -2.46. The Balaban J connectivity index is 2.13. The van der Waals surface area contributed by atoms with Crippen molar-refractivity contribution in [2.75, 3.05) is 7.05 Å². The molecule has 16 heavy (non-hydrogen) atoms. The highest BCUT2D eigenvalue weighted by atomic mass is 14.9. The molecule has 0 saturated heterocycles. The first-order valence-corrected chi connectivity index (χ1v) is 7.07. The van der Waals surface area contributed by atoms with Crippen molar-refractivity contribution in [1.29, 1.82) is 0 Å². The van der Waals surface area contributed by atoms with Crippen molar-refractivity contribution >= 4 is 0 Å². The molecule has 2 aliphatic rings. The second-order valence-electron chi connectivity index (χ2n) is 6.12. The standard InChI is InChI=1S/C14H28N2/c1-4-13(15)14(9-11-5-6-11)8-7-12(16-3)10(14)2/h10-13,16H,4-9,15H2,1-3H3. The normalized spacial score (nSPS) is 41.2. The topological polar surface area (TPSA) is 38.0 Å². The van der Waals surface area contributed by atoms with Gasteiger partial charge in [0.25, 0.3) is 0 Å². The molecule has 4 unspecified atom stereocenters. The Bertz CT molecular complexity index is 237. The highest BCUT2D eigenvalue weighted by Gasteiger charge is 2.50. The summed E-state index contributed by atoms with van der Waals surface area (Å²) in [6.45, 7) is 4.67. The van der Waals surface area contributed by atoms with E-state index >= 15 is 0 Å². The van der Waals surface area contributed by atoms with Gasteiger partial charge in [0.15, 0.2) is 0 Å². The number of nitrogens with two attached hydrogens (primary N) is 1. The largest absolute Gasteiger partial charge is 0.327 e. The third-order valence-corrected chi connectivity index (χ3v) is 5.35. The van der Waals surface area contributed by atoms with Crippen molar-refractivity contribution in [2.45, 2.75) is 64.5 Å². The first-order valence-electron chi connectivity index (χ1n) is 7.07. The van der Waals surface area contributed by atoms with E-state index < -0.39 is 0 Å². The van der Waals surface area contributed by atoms with E-state index in [0.29, 0.717) is 17.5 Å². The molecule has 0 radical (unpaired) electrons. The van der Waals surface area contributed by atoms with Crippen LogP contribution in [-0.4, -0.2) is 19.1 Å². The minimum atomic E-state index is 0.404. The smallest absolute Gasteiger partial charge is 0.00961 e. The van der Waals surface area contributed by atoms with Crippen molar-refractivity contribution in [3.05, 3.63) is 0 Å². The third-order valence-electron chi connectivity index (χ3n) is 5.35. The molecular formula is C14H28N2. The maximum absolute atomic E-state index is 6.47. The summed E-state index contributed by atoms with van der Waals surface area (Å²) in [6, 6.07) is 1.10. The highest BCUT2D eigenvalue weighted by Crippen LogP contribution is 2.53. The lowest BCUT2D eigenvalue weighted by Gasteiger charge is -2.40. The maximum Gasteiger partial charge on any atom is 0.00961 e. The molecule has 2 heteroatoms. The molecular weight excluding hydrogens is 196 g/mol. The molecule has 0 amide bonds. The van der Waals surface area contributed by atoms with Crippen LogP contribution in [0.25, 0.3) is 0 Å². The van der Waals surface area contributed by atoms with Crippen LogP contribution >= 0.6 is 0 Å². The first-order chi connectivity index (χ1) is 7.64. The maximum atomic E-state index is 6.47. The fourth-order valence-corrected chi connectivity index (χ4v) is 3.93. The van der Waals surface area contributed by atoms with E-state index in [-0.39, 0.29) is 0 Å². The van der Waals surface area contributed by atoms with Crippen molar-refractivity contribution in [1.82, 2.24) is 5.32 Å². The van der Waals surface area contributed by atoms with Crippen molar-refractivity contribution < 1.29 is 0 Å². The SMILES string of the molecule is CCC(N)C1(CC2CC2)CCC(NC)C1C. The average molecular weight is 224 g/mol. The van der Waals surface area contributed by atoms with E-state index in [1.807, 2.05) is 0 Å². The van der Waals surface area contributed by atoms with E-state index in [1.165, 1.54) is 32.1 Å². The second kappa shape index (κ2) is 4.66. The van der Waals surface area contributed by atoms with Gasteiger partial charge in [-0.2, -0.15) is 0 Å². The zero-order chi connectivity index (χ0) is 11.8. The predicted octanol–water partition coefficient (Wildman–Crippen LogP) is 2.53. The molecule has 2 rings (SSSR count). The second-order valence-corrected chi connectivity index (χ2v) is 6.12. The quantitative estimate of drug-likeness (QED) is 0.753. The lowest BCUT2D eigenvalue weighted by molar-refractivity contribution is 0.124. The van der Waals surface area contributed by atoms with Crippen LogP contribution in [0, 0.1) is 17.3 Å². The van der Waals surface area contributed by atoms with E-state index in [1.54, 1.807) is 0 Å². The molecule has 0 aromatic rings. The van der Waals surface area contributed by atoms with Gasteiger partial charge < -0.3 is 11.1 Å². The predicted molar refractivity (Wildman–Crippen MR) is 69.3 cm³/mol. The fourth-order valence-electron chi connectivity index (χ4n) is 3.93. The third kappa shape index (κ3) is 2.02. The average Bonchev–Trinajstić information content (AvgIpc) is 3.04. The molecule has 2 aliphatic carbocycles. The molecule has 0 aliphatic heterocycles. The number of hydrogen-bond donors (Lipinski definition) is 2. The van der Waals surface area contributed by atoms with Gasteiger partial charge in [0, 0.05) is 12.1 Å². The molecule has 2 saturated carbocycles. The van der Waals surface area contributed by atoms with Gasteiger partial charge in [0.1, 0.15) is 0 Å². The van der Waals surface area contributed by atoms with E-state index in [4.69, 9.17) is 5.73 Å². The summed E-state index contributed by atoms with van der Waals surface area (Å²) >= 11 is 0. The fraction of sp³-hybridized carbons (Fsp3) is 1.00. The van der Waals surface area contributed by atoms with Gasteiger partial charge in [-0.25, -0.2) is 0 Å². The van der Waals surface area contributed by atoms with E-state index in [0.717, 1.165) is 18.3 Å². The number of nitrogens with one attached hydrogen (secondary N) is 1. The summed E-state index contributed by atoms with van der Waals surface area (Å²) in [5, 5.41) is 3.49. The molecule has 0 aromatic heterocycles. The minimum Gasteiger partial charge on any atom is -0.327 e. The van der Waals surface area contributed by atoms with Gasteiger partial charge in [0.2, 0.25) is 0 Å². The summed E-state index contributed by atoms with van der Waals surface area (Å²) in [4.78, 5) is 0. The van der Waals surface area contributed by atoms with Crippen LogP contribution in [-0.2, 0) is 0 Å². The monoisotopic (exact) mass is 224 g/mol. The Kier molecular flexibility index (Phi) is 3.60. The van der Waals surface area contributed by atoms with Crippen LogP contribution in [0.5, 0.6) is 0 Å². The molecule has 94 valence electrons. The Hall–Kier alpha value is -0.0800. The van der Waals surface area contributed by atoms with Crippen molar-refractivity contribution in [3.8, 4) is 0 Å². The molecule has 0 spiro atoms. The summed E-state index contributed by atoms with van der Waals surface area (Å²) in [6.07, 6.45) is 8.09. The van der Waals surface area contributed by atoms with Crippen molar-refractivity contribution in [3.63, 3.8) is 0 Å². The van der Waals surface area contributed by atoms with E-state index in [2.05, 4.69) is 26.2 Å². The summed E-state index contributed by atoms with van der Waals surface area (Å²) in [7, 11) is 2.10. The molecule has 0 heterocycles. The number of hydrogen-bond acceptors (Lipinski definition) is 2. The Morgan fingerprint density at radius 1 is 1.38 bits per heavy atom. The minimum absolute atomic E-state index is 0.404. The van der Waals surface area contributed by atoms with E-state index in [9.17, 15) is 0 Å². The zero-order valence-electron chi connectivity index (χ0n) is 11.1. The number of rotatable bonds is 5. The van der Waals surface area contributed by atoms with Crippen LogP contribution < -0.4 is 11.1 Å². The van der Waals surface area contributed by atoms with Gasteiger partial charge in [-0.05, 0) is 50.0 Å². The van der Waals surface area contributed by atoms with Gasteiger partial charge >= 0.3 is 0 Å². The Labute approximate surface area is 100 Å². The molecule has 2 nitrogen and oxygen atoms in total. The van der Waals surface area contributed by atoms with Gasteiger partial charge in [-0.15, -0.1) is 0 Å². The molecule has 3 N–H and O–H groups in total. The van der Waals surface area contributed by atoms with Crippen LogP contribution in [0.15, 0.2) is 0 Å². The Morgan fingerprint density at radius 3 is 2.50 bits per heavy atom. The molecule has 4 atom stereocenters. The highest BCUT2D eigenvalue weighted by molar-refractivity contribution is 5.04. The first kappa shape index (κ1) is 12.4. The molecule has 0 aromatic carbocycles. The summed E-state index contributed by atoms with van der Waals surface area (Å²) < 4.78 is 0.